The molecule has 3 atom stereocenters. The smallest absolute Gasteiger partial charge is 0.126 e. The fourth-order valence-electron chi connectivity index (χ4n) is 3.32. The highest BCUT2D eigenvalue weighted by Crippen LogP contribution is 2.40. The van der Waals surface area contributed by atoms with Crippen molar-refractivity contribution in [1.82, 2.24) is 5.32 Å². The molecule has 0 spiro atoms. The molecule has 1 aliphatic rings. The lowest BCUT2D eigenvalue weighted by Crippen LogP contribution is -2.41. The number of hydrogen-bond donors (Lipinski definition) is 1. The van der Waals surface area contributed by atoms with Crippen molar-refractivity contribution >= 4 is 0 Å². The van der Waals surface area contributed by atoms with E-state index in [9.17, 15) is 8.78 Å². The molecule has 0 aromatic heterocycles. The molecule has 3 unspecified atom stereocenters. The second-order valence-electron chi connectivity index (χ2n) is 7.62. The van der Waals surface area contributed by atoms with Crippen molar-refractivity contribution in [3.8, 4) is 0 Å². The van der Waals surface area contributed by atoms with Crippen LogP contribution in [0.3, 0.4) is 0 Å². The quantitative estimate of drug-likeness (QED) is 0.838. The zero-order chi connectivity index (χ0) is 15.6. The van der Waals surface area contributed by atoms with E-state index in [1.165, 1.54) is 18.6 Å². The van der Waals surface area contributed by atoms with Gasteiger partial charge >= 0.3 is 0 Å². The maximum absolute atomic E-state index is 13.5. The Hall–Kier alpha value is -0.960. The Morgan fingerprint density at radius 2 is 1.71 bits per heavy atom. The van der Waals surface area contributed by atoms with E-state index in [1.807, 2.05) is 0 Å². The normalized spacial score (nSPS) is 26.9. The Kier molecular flexibility index (Phi) is 5.03. The van der Waals surface area contributed by atoms with Gasteiger partial charge in [0.25, 0.3) is 0 Å². The molecule has 0 radical (unpaired) electrons. The molecule has 1 fully saturated rings. The molecule has 3 heteroatoms. The van der Waals surface area contributed by atoms with Crippen molar-refractivity contribution in [1.29, 1.82) is 0 Å². The Bertz CT molecular complexity index is 458. The Morgan fingerprint density at radius 3 is 2.29 bits per heavy atom. The first-order chi connectivity index (χ1) is 9.74. The van der Waals surface area contributed by atoms with Gasteiger partial charge in [0.2, 0.25) is 0 Å². The molecule has 1 N–H and O–H groups in total. The summed E-state index contributed by atoms with van der Waals surface area (Å²) in [6.07, 6.45) is 3.33. The molecule has 0 saturated heterocycles. The second-order valence-corrected chi connectivity index (χ2v) is 7.62. The van der Waals surface area contributed by atoms with Crippen molar-refractivity contribution in [3.63, 3.8) is 0 Å². The first-order valence-corrected chi connectivity index (χ1v) is 7.95. The van der Waals surface area contributed by atoms with Gasteiger partial charge in [-0.2, -0.15) is 0 Å². The molecule has 2 rings (SSSR count). The third-order valence-corrected chi connectivity index (χ3v) is 4.46. The van der Waals surface area contributed by atoms with Crippen LogP contribution in [-0.4, -0.2) is 12.1 Å². The molecule has 0 aliphatic heterocycles. The van der Waals surface area contributed by atoms with Crippen LogP contribution in [0.2, 0.25) is 0 Å². The second kappa shape index (κ2) is 6.43. The minimum Gasteiger partial charge on any atom is -0.312 e. The molecule has 21 heavy (non-hydrogen) atoms. The maximum Gasteiger partial charge on any atom is 0.126 e. The van der Waals surface area contributed by atoms with Crippen LogP contribution >= 0.6 is 0 Å². The minimum absolute atomic E-state index is 0.0702. The van der Waals surface area contributed by atoms with Crippen LogP contribution in [0.25, 0.3) is 0 Å². The van der Waals surface area contributed by atoms with Gasteiger partial charge < -0.3 is 5.32 Å². The number of nitrogens with one attached hydrogen (secondary N) is 1. The predicted octanol–water partition coefficient (Wildman–Crippen LogP) is 4.87. The van der Waals surface area contributed by atoms with Crippen LogP contribution in [-0.2, 0) is 0 Å². The van der Waals surface area contributed by atoms with Crippen LogP contribution in [0, 0.1) is 23.5 Å². The van der Waals surface area contributed by atoms with Gasteiger partial charge in [0.1, 0.15) is 11.6 Å². The summed E-state index contributed by atoms with van der Waals surface area (Å²) < 4.78 is 27.1. The van der Waals surface area contributed by atoms with Gasteiger partial charge in [0, 0.05) is 11.6 Å². The third-order valence-electron chi connectivity index (χ3n) is 4.46. The molecule has 1 aromatic carbocycles. The lowest BCUT2D eigenvalue weighted by molar-refractivity contribution is 0.226. The van der Waals surface area contributed by atoms with Crippen LogP contribution in [0.4, 0.5) is 8.78 Å². The van der Waals surface area contributed by atoms with Gasteiger partial charge in [0.15, 0.2) is 0 Å². The summed E-state index contributed by atoms with van der Waals surface area (Å²) in [6.45, 7) is 9.58. The fourth-order valence-corrected chi connectivity index (χ4v) is 3.32. The lowest BCUT2D eigenvalue weighted by Gasteiger charge is -2.37. The lowest BCUT2D eigenvalue weighted by atomic mass is 9.71. The molecule has 1 aromatic rings. The highest BCUT2D eigenvalue weighted by atomic mass is 19.1. The molecule has 1 saturated carbocycles. The topological polar surface area (TPSA) is 12.0 Å². The Labute approximate surface area is 127 Å². The zero-order valence-corrected chi connectivity index (χ0v) is 13.5. The monoisotopic (exact) mass is 295 g/mol. The number of rotatable bonds is 3. The van der Waals surface area contributed by atoms with Gasteiger partial charge in [0.05, 0.1) is 0 Å². The van der Waals surface area contributed by atoms with E-state index in [0.717, 1.165) is 31.0 Å². The summed E-state index contributed by atoms with van der Waals surface area (Å²) in [4.78, 5) is 0. The maximum atomic E-state index is 13.5. The molecule has 1 aliphatic carbocycles. The fraction of sp³-hybridized carbons (Fsp3) is 0.667. The first kappa shape index (κ1) is 16.4. The first-order valence-electron chi connectivity index (χ1n) is 7.95. The molecule has 0 amide bonds. The predicted molar refractivity (Wildman–Crippen MR) is 83.4 cm³/mol. The van der Waals surface area contributed by atoms with E-state index in [0.29, 0.717) is 11.8 Å². The van der Waals surface area contributed by atoms with Gasteiger partial charge in [-0.1, -0.05) is 13.3 Å². The Balaban J connectivity index is 2.18. The van der Waals surface area contributed by atoms with Crippen molar-refractivity contribution < 1.29 is 8.78 Å². The summed E-state index contributed by atoms with van der Waals surface area (Å²) in [6, 6.07) is 3.98. The van der Waals surface area contributed by atoms with Gasteiger partial charge in [-0.25, -0.2) is 8.78 Å². The van der Waals surface area contributed by atoms with Crippen molar-refractivity contribution in [3.05, 3.63) is 35.4 Å². The van der Waals surface area contributed by atoms with Gasteiger partial charge in [-0.3, -0.25) is 0 Å². The average Bonchev–Trinajstić information content (AvgIpc) is 2.35. The zero-order valence-electron chi connectivity index (χ0n) is 13.5. The average molecular weight is 295 g/mol. The van der Waals surface area contributed by atoms with E-state index < -0.39 is 11.6 Å². The third kappa shape index (κ3) is 4.77. The SMILES string of the molecule is CC1CCC(CNC(C)(C)C)C(c2cc(F)cc(F)c2)C1. The number of halogens is 2. The van der Waals surface area contributed by atoms with Crippen LogP contribution in [0.1, 0.15) is 58.4 Å². The standard InChI is InChI=1S/C18H27F2N/c1-12-5-6-13(11-21-18(2,3)4)17(7-12)14-8-15(19)10-16(20)9-14/h8-10,12-13,17,21H,5-7,11H2,1-4H3. The van der Waals surface area contributed by atoms with Gasteiger partial charge in [-0.15, -0.1) is 0 Å². The van der Waals surface area contributed by atoms with Crippen molar-refractivity contribution in [2.24, 2.45) is 11.8 Å². The van der Waals surface area contributed by atoms with E-state index in [1.54, 1.807) is 0 Å². The summed E-state index contributed by atoms with van der Waals surface area (Å²) in [5.74, 6) is 0.374. The highest BCUT2D eigenvalue weighted by molar-refractivity contribution is 5.23. The molecular formula is C18H27F2N. The summed E-state index contributed by atoms with van der Waals surface area (Å²) in [5, 5.41) is 3.55. The molecule has 0 heterocycles. The number of benzene rings is 1. The highest BCUT2D eigenvalue weighted by Gasteiger charge is 2.31. The van der Waals surface area contributed by atoms with Crippen molar-refractivity contribution in [2.45, 2.75) is 58.4 Å². The van der Waals surface area contributed by atoms with E-state index >= 15 is 0 Å². The summed E-state index contributed by atoms with van der Waals surface area (Å²) >= 11 is 0. The van der Waals surface area contributed by atoms with Gasteiger partial charge in [-0.05, 0) is 75.6 Å². The van der Waals surface area contributed by atoms with Crippen molar-refractivity contribution in [2.75, 3.05) is 6.54 Å². The van der Waals surface area contributed by atoms with Crippen LogP contribution < -0.4 is 5.32 Å². The molecule has 1 nitrogen and oxygen atoms in total. The van der Waals surface area contributed by atoms with Crippen LogP contribution in [0.5, 0.6) is 0 Å². The van der Waals surface area contributed by atoms with E-state index in [-0.39, 0.29) is 11.5 Å². The van der Waals surface area contributed by atoms with Crippen LogP contribution in [0.15, 0.2) is 18.2 Å². The Morgan fingerprint density at radius 1 is 1.10 bits per heavy atom. The largest absolute Gasteiger partial charge is 0.312 e. The minimum atomic E-state index is -0.467. The van der Waals surface area contributed by atoms with E-state index in [4.69, 9.17) is 0 Å². The molecular weight excluding hydrogens is 268 g/mol. The molecule has 118 valence electrons. The molecule has 0 bridgehead atoms. The summed E-state index contributed by atoms with van der Waals surface area (Å²) in [5.41, 5.74) is 0.889. The summed E-state index contributed by atoms with van der Waals surface area (Å²) in [7, 11) is 0. The van der Waals surface area contributed by atoms with E-state index in [2.05, 4.69) is 33.0 Å². The number of hydrogen-bond acceptors (Lipinski definition) is 1.